The van der Waals surface area contributed by atoms with Crippen molar-refractivity contribution in [3.05, 3.63) is 29.8 Å². The van der Waals surface area contributed by atoms with Crippen molar-refractivity contribution >= 4 is 5.96 Å². The highest BCUT2D eigenvalue weighted by Gasteiger charge is 2.04. The first-order valence-electron chi connectivity index (χ1n) is 6.17. The molecule has 0 heterocycles. The third kappa shape index (κ3) is 4.65. The van der Waals surface area contributed by atoms with E-state index in [0.717, 1.165) is 24.4 Å². The third-order valence-corrected chi connectivity index (χ3v) is 2.56. The maximum atomic E-state index is 5.93. The molecule has 0 aliphatic rings. The van der Waals surface area contributed by atoms with E-state index in [1.807, 2.05) is 30.1 Å². The summed E-state index contributed by atoms with van der Waals surface area (Å²) >= 11 is 0. The van der Waals surface area contributed by atoms with Gasteiger partial charge in [0.1, 0.15) is 5.75 Å². The lowest BCUT2D eigenvalue weighted by atomic mass is 10.2. The Morgan fingerprint density at radius 1 is 1.44 bits per heavy atom. The number of benzene rings is 1. The monoisotopic (exact) mass is 249 g/mol. The Kier molecular flexibility index (Phi) is 5.49. The molecule has 0 saturated heterocycles. The van der Waals surface area contributed by atoms with E-state index in [0.29, 0.717) is 11.9 Å². The van der Waals surface area contributed by atoms with Gasteiger partial charge in [-0.2, -0.15) is 0 Å². The highest BCUT2D eigenvalue weighted by Crippen LogP contribution is 2.13. The van der Waals surface area contributed by atoms with Crippen LogP contribution >= 0.6 is 0 Å². The molecule has 0 atom stereocenters. The van der Waals surface area contributed by atoms with Crippen molar-refractivity contribution in [1.29, 1.82) is 0 Å². The molecular formula is C14H23N3O. The first-order chi connectivity index (χ1) is 8.52. The fourth-order valence-corrected chi connectivity index (χ4v) is 1.52. The molecule has 4 heteroatoms. The highest BCUT2D eigenvalue weighted by atomic mass is 16.5. The van der Waals surface area contributed by atoms with Crippen LogP contribution in [0.1, 0.15) is 19.4 Å². The Morgan fingerprint density at radius 2 is 2.17 bits per heavy atom. The largest absolute Gasteiger partial charge is 0.497 e. The predicted molar refractivity (Wildman–Crippen MR) is 75.8 cm³/mol. The van der Waals surface area contributed by atoms with Crippen LogP contribution in [0, 0.1) is 5.92 Å². The van der Waals surface area contributed by atoms with Crippen LogP contribution in [0.15, 0.2) is 29.3 Å². The number of nitrogens with two attached hydrogens (primary N) is 1. The van der Waals surface area contributed by atoms with Gasteiger partial charge in [0, 0.05) is 20.1 Å². The van der Waals surface area contributed by atoms with Crippen LogP contribution in [0.4, 0.5) is 0 Å². The second-order valence-electron chi connectivity index (χ2n) is 4.80. The van der Waals surface area contributed by atoms with Crippen LogP contribution < -0.4 is 10.5 Å². The number of rotatable bonds is 5. The molecular weight excluding hydrogens is 226 g/mol. The summed E-state index contributed by atoms with van der Waals surface area (Å²) in [6, 6.07) is 7.96. The van der Waals surface area contributed by atoms with E-state index in [4.69, 9.17) is 10.5 Å². The Morgan fingerprint density at radius 3 is 2.78 bits per heavy atom. The maximum Gasteiger partial charge on any atom is 0.191 e. The topological polar surface area (TPSA) is 50.9 Å². The molecule has 0 aromatic heterocycles. The zero-order valence-electron chi connectivity index (χ0n) is 11.7. The van der Waals surface area contributed by atoms with Gasteiger partial charge in [-0.1, -0.05) is 26.0 Å². The van der Waals surface area contributed by atoms with E-state index in [1.54, 1.807) is 7.11 Å². The quantitative estimate of drug-likeness (QED) is 0.642. The zero-order chi connectivity index (χ0) is 13.5. The van der Waals surface area contributed by atoms with Crippen molar-refractivity contribution in [2.45, 2.75) is 20.4 Å². The normalized spacial score (nSPS) is 11.7. The second kappa shape index (κ2) is 6.89. The summed E-state index contributed by atoms with van der Waals surface area (Å²) in [6.07, 6.45) is 0. The lowest BCUT2D eigenvalue weighted by Gasteiger charge is -2.18. The average Bonchev–Trinajstić information content (AvgIpc) is 2.36. The first kappa shape index (κ1) is 14.4. The highest BCUT2D eigenvalue weighted by molar-refractivity contribution is 5.77. The summed E-state index contributed by atoms with van der Waals surface area (Å²) in [5.41, 5.74) is 7.08. The molecule has 0 bridgehead atoms. The van der Waals surface area contributed by atoms with E-state index in [1.165, 1.54) is 0 Å². The SMILES string of the molecule is COc1cccc(CN(C)C(N)=NCC(C)C)c1. The standard InChI is InChI=1S/C14H23N3O/c1-11(2)9-16-14(15)17(3)10-12-6-5-7-13(8-12)18-4/h5-8,11H,9-10H2,1-4H3,(H2,15,16). The van der Waals surface area contributed by atoms with E-state index in [-0.39, 0.29) is 0 Å². The Balaban J connectivity index is 2.62. The van der Waals surface area contributed by atoms with E-state index in [2.05, 4.69) is 24.9 Å². The first-order valence-corrected chi connectivity index (χ1v) is 6.17. The van der Waals surface area contributed by atoms with Crippen molar-refractivity contribution in [1.82, 2.24) is 4.90 Å². The predicted octanol–water partition coefficient (Wildman–Crippen LogP) is 2.10. The number of guanidine groups is 1. The van der Waals surface area contributed by atoms with Gasteiger partial charge in [-0.15, -0.1) is 0 Å². The fourth-order valence-electron chi connectivity index (χ4n) is 1.52. The van der Waals surface area contributed by atoms with Gasteiger partial charge in [-0.25, -0.2) is 0 Å². The van der Waals surface area contributed by atoms with Crippen LogP contribution in [-0.2, 0) is 6.54 Å². The van der Waals surface area contributed by atoms with Gasteiger partial charge < -0.3 is 15.4 Å². The minimum absolute atomic E-state index is 0.522. The molecule has 0 radical (unpaired) electrons. The lowest BCUT2D eigenvalue weighted by molar-refractivity contribution is 0.412. The van der Waals surface area contributed by atoms with E-state index in [9.17, 15) is 0 Å². The summed E-state index contributed by atoms with van der Waals surface area (Å²) in [6.45, 7) is 5.73. The van der Waals surface area contributed by atoms with Gasteiger partial charge in [0.15, 0.2) is 5.96 Å². The summed E-state index contributed by atoms with van der Waals surface area (Å²) in [4.78, 5) is 6.29. The van der Waals surface area contributed by atoms with E-state index >= 15 is 0 Å². The molecule has 0 amide bonds. The molecule has 4 nitrogen and oxygen atoms in total. The van der Waals surface area contributed by atoms with Gasteiger partial charge in [-0.3, -0.25) is 4.99 Å². The molecule has 1 rings (SSSR count). The van der Waals surface area contributed by atoms with Gasteiger partial charge in [0.25, 0.3) is 0 Å². The zero-order valence-corrected chi connectivity index (χ0v) is 11.7. The third-order valence-electron chi connectivity index (χ3n) is 2.56. The summed E-state index contributed by atoms with van der Waals surface area (Å²) in [5, 5.41) is 0. The summed E-state index contributed by atoms with van der Waals surface area (Å²) in [7, 11) is 3.61. The van der Waals surface area contributed by atoms with Crippen LogP contribution in [0.3, 0.4) is 0 Å². The number of aliphatic imine (C=N–C) groups is 1. The maximum absolute atomic E-state index is 5.93. The van der Waals surface area contributed by atoms with Gasteiger partial charge in [-0.05, 0) is 23.6 Å². The minimum Gasteiger partial charge on any atom is -0.497 e. The molecule has 0 unspecified atom stereocenters. The number of ether oxygens (including phenoxy) is 1. The van der Waals surface area contributed by atoms with Crippen LogP contribution in [0.25, 0.3) is 0 Å². The molecule has 0 spiro atoms. The van der Waals surface area contributed by atoms with Gasteiger partial charge in [0.05, 0.1) is 7.11 Å². The Hall–Kier alpha value is -1.71. The number of hydrogen-bond donors (Lipinski definition) is 1. The molecule has 0 fully saturated rings. The smallest absolute Gasteiger partial charge is 0.191 e. The van der Waals surface area contributed by atoms with Crippen molar-refractivity contribution < 1.29 is 4.74 Å². The van der Waals surface area contributed by atoms with Crippen molar-refractivity contribution in [2.24, 2.45) is 16.6 Å². The molecule has 0 aliphatic heterocycles. The molecule has 2 N–H and O–H groups in total. The Labute approximate surface area is 109 Å². The van der Waals surface area contributed by atoms with Crippen molar-refractivity contribution in [3.63, 3.8) is 0 Å². The number of nitrogens with zero attached hydrogens (tertiary/aromatic N) is 2. The lowest BCUT2D eigenvalue weighted by Crippen LogP contribution is -2.33. The number of hydrogen-bond acceptors (Lipinski definition) is 2. The average molecular weight is 249 g/mol. The fraction of sp³-hybridized carbons (Fsp3) is 0.500. The van der Waals surface area contributed by atoms with Crippen LogP contribution in [0.5, 0.6) is 5.75 Å². The van der Waals surface area contributed by atoms with Crippen molar-refractivity contribution in [3.8, 4) is 5.75 Å². The molecule has 18 heavy (non-hydrogen) atoms. The molecule has 1 aromatic rings. The molecule has 0 aliphatic carbocycles. The van der Waals surface area contributed by atoms with Gasteiger partial charge >= 0.3 is 0 Å². The molecule has 1 aromatic carbocycles. The summed E-state index contributed by atoms with van der Waals surface area (Å²) in [5.74, 6) is 1.96. The number of methoxy groups -OCH3 is 1. The summed E-state index contributed by atoms with van der Waals surface area (Å²) < 4.78 is 5.20. The molecule has 100 valence electrons. The molecule has 0 saturated carbocycles. The van der Waals surface area contributed by atoms with Crippen molar-refractivity contribution in [2.75, 3.05) is 20.7 Å². The minimum atomic E-state index is 0.522. The second-order valence-corrected chi connectivity index (χ2v) is 4.80. The van der Waals surface area contributed by atoms with Gasteiger partial charge in [0.2, 0.25) is 0 Å². The van der Waals surface area contributed by atoms with E-state index < -0.39 is 0 Å². The van der Waals surface area contributed by atoms with Crippen LogP contribution in [0.2, 0.25) is 0 Å². The Bertz CT molecular complexity index is 402. The van der Waals surface area contributed by atoms with Crippen LogP contribution in [-0.4, -0.2) is 31.6 Å².